The highest BCUT2D eigenvalue weighted by atomic mass is 16.6. The van der Waals surface area contributed by atoms with E-state index in [0.717, 1.165) is 13.2 Å². The van der Waals surface area contributed by atoms with Gasteiger partial charge >= 0.3 is 0 Å². The fraction of sp³-hybridized carbons (Fsp3) is 0.917. The van der Waals surface area contributed by atoms with Gasteiger partial charge in [0.15, 0.2) is 5.78 Å². The molecule has 0 atom stereocenters. The monoisotopic (exact) mass is 264 g/mol. The lowest BCUT2D eigenvalue weighted by Crippen LogP contribution is -2.80. The van der Waals surface area contributed by atoms with Gasteiger partial charge in [0.05, 0.1) is 59.8 Å². The van der Waals surface area contributed by atoms with Crippen LogP contribution in [0.1, 0.15) is 6.92 Å². The van der Waals surface area contributed by atoms with Gasteiger partial charge in [-0.15, -0.1) is 0 Å². The van der Waals surface area contributed by atoms with Crippen molar-refractivity contribution in [3.05, 3.63) is 0 Å². The Labute approximate surface area is 109 Å². The van der Waals surface area contributed by atoms with Crippen LogP contribution in [0.5, 0.6) is 0 Å². The van der Waals surface area contributed by atoms with E-state index in [-0.39, 0.29) is 12.4 Å². The lowest BCUT2D eigenvalue weighted by molar-refractivity contribution is -0.628. The summed E-state index contributed by atoms with van der Waals surface area (Å²) < 4.78 is 20.9. The van der Waals surface area contributed by atoms with E-state index in [1.807, 2.05) is 7.05 Å². The van der Waals surface area contributed by atoms with Crippen LogP contribution in [0.2, 0.25) is 0 Å². The normalized spacial score (nSPS) is 10.8. The summed E-state index contributed by atoms with van der Waals surface area (Å²) in [6.45, 7) is 6.61. The minimum absolute atomic E-state index is 0.0269. The highest BCUT2D eigenvalue weighted by Gasteiger charge is 1.94. The van der Waals surface area contributed by atoms with Gasteiger partial charge in [-0.3, -0.25) is 4.79 Å². The van der Waals surface area contributed by atoms with Crippen molar-refractivity contribution in [3.63, 3.8) is 0 Å². The average molecular weight is 264 g/mol. The zero-order valence-electron chi connectivity index (χ0n) is 11.5. The Hall–Kier alpha value is -0.530. The molecule has 0 aliphatic heterocycles. The Morgan fingerprint density at radius 1 is 0.833 bits per heavy atom. The van der Waals surface area contributed by atoms with Crippen molar-refractivity contribution in [3.8, 4) is 0 Å². The number of nitrogens with two attached hydrogens (primary N) is 1. The Morgan fingerprint density at radius 2 is 1.28 bits per heavy atom. The van der Waals surface area contributed by atoms with Gasteiger partial charge in [0.2, 0.25) is 0 Å². The van der Waals surface area contributed by atoms with Gasteiger partial charge in [0, 0.05) is 0 Å². The molecule has 0 bridgehead atoms. The second kappa shape index (κ2) is 14.5. The Bertz CT molecular complexity index is 189. The molecule has 0 unspecified atom stereocenters. The third-order valence-electron chi connectivity index (χ3n) is 1.97. The summed E-state index contributed by atoms with van der Waals surface area (Å²) in [5, 5.41) is 2.07. The predicted molar refractivity (Wildman–Crippen MR) is 66.7 cm³/mol. The van der Waals surface area contributed by atoms with Gasteiger partial charge in [-0.2, -0.15) is 0 Å². The van der Waals surface area contributed by atoms with E-state index in [4.69, 9.17) is 18.9 Å². The molecule has 0 heterocycles. The molecular weight excluding hydrogens is 238 g/mol. The second-order valence-corrected chi connectivity index (χ2v) is 3.79. The molecule has 0 saturated carbocycles. The number of hydrogen-bond acceptors (Lipinski definition) is 5. The van der Waals surface area contributed by atoms with Crippen LogP contribution in [-0.2, 0) is 23.7 Å². The molecular formula is C12H26NO5+. The van der Waals surface area contributed by atoms with Gasteiger partial charge < -0.3 is 24.3 Å². The zero-order valence-corrected chi connectivity index (χ0v) is 11.5. The smallest absolute Gasteiger partial charge is 0.155 e. The molecule has 0 spiro atoms. The summed E-state index contributed by atoms with van der Waals surface area (Å²) in [5.41, 5.74) is 0. The molecule has 0 aromatic heterocycles. The van der Waals surface area contributed by atoms with Gasteiger partial charge in [-0.25, -0.2) is 0 Å². The summed E-state index contributed by atoms with van der Waals surface area (Å²) in [5.74, 6) is 0.0269. The van der Waals surface area contributed by atoms with E-state index < -0.39 is 0 Å². The quantitative estimate of drug-likeness (QED) is 0.401. The molecule has 2 N–H and O–H groups in total. The molecule has 0 aliphatic carbocycles. The number of carbonyl (C=O) groups is 1. The van der Waals surface area contributed by atoms with Crippen LogP contribution >= 0.6 is 0 Å². The fourth-order valence-electron chi connectivity index (χ4n) is 1.08. The lowest BCUT2D eigenvalue weighted by atomic mass is 10.5. The number of ether oxygens (including phenoxy) is 4. The van der Waals surface area contributed by atoms with E-state index in [2.05, 4.69) is 5.32 Å². The van der Waals surface area contributed by atoms with Crippen LogP contribution in [0.3, 0.4) is 0 Å². The summed E-state index contributed by atoms with van der Waals surface area (Å²) >= 11 is 0. The number of hydrogen-bond donors (Lipinski definition) is 1. The van der Waals surface area contributed by atoms with E-state index >= 15 is 0 Å². The van der Waals surface area contributed by atoms with Gasteiger partial charge in [-0.1, -0.05) is 0 Å². The van der Waals surface area contributed by atoms with E-state index in [9.17, 15) is 4.79 Å². The molecule has 18 heavy (non-hydrogen) atoms. The minimum Gasteiger partial charge on any atom is -0.377 e. The zero-order chi connectivity index (χ0) is 13.5. The summed E-state index contributed by atoms with van der Waals surface area (Å²) in [6, 6.07) is 0. The molecule has 0 fully saturated rings. The predicted octanol–water partition coefficient (Wildman–Crippen LogP) is -1.16. The first-order valence-electron chi connectivity index (χ1n) is 6.35. The van der Waals surface area contributed by atoms with E-state index in [0.29, 0.717) is 39.6 Å². The number of likely N-dealkylation sites (N-methyl/N-ethyl adjacent to an activating group) is 1. The van der Waals surface area contributed by atoms with Gasteiger partial charge in [0.25, 0.3) is 0 Å². The molecule has 0 rings (SSSR count). The first-order valence-corrected chi connectivity index (χ1v) is 6.35. The minimum atomic E-state index is 0.0269. The highest BCUT2D eigenvalue weighted by Crippen LogP contribution is 1.82. The SMILES string of the molecule is C[NH2+]CCOCCOCCOCCOCC(C)=O. The first-order chi connectivity index (χ1) is 8.77. The maximum atomic E-state index is 10.5. The molecule has 0 saturated heterocycles. The van der Waals surface area contributed by atoms with Crippen LogP contribution in [0.4, 0.5) is 0 Å². The average Bonchev–Trinajstić information content (AvgIpc) is 2.34. The number of rotatable bonds is 14. The van der Waals surface area contributed by atoms with Crippen molar-refractivity contribution >= 4 is 5.78 Å². The van der Waals surface area contributed by atoms with E-state index in [1.165, 1.54) is 6.92 Å². The van der Waals surface area contributed by atoms with E-state index in [1.54, 1.807) is 0 Å². The molecule has 6 nitrogen and oxygen atoms in total. The number of quaternary nitrogens is 1. The maximum absolute atomic E-state index is 10.5. The molecule has 0 amide bonds. The summed E-state index contributed by atoms with van der Waals surface area (Å²) in [6.07, 6.45) is 0. The lowest BCUT2D eigenvalue weighted by Gasteiger charge is -2.06. The van der Waals surface area contributed by atoms with Crippen molar-refractivity contribution in [2.45, 2.75) is 6.92 Å². The van der Waals surface area contributed by atoms with Crippen LogP contribution in [0, 0.1) is 0 Å². The van der Waals surface area contributed by atoms with Crippen molar-refractivity contribution in [2.75, 3.05) is 66.4 Å². The highest BCUT2D eigenvalue weighted by molar-refractivity contribution is 5.76. The van der Waals surface area contributed by atoms with Gasteiger partial charge in [-0.05, 0) is 6.92 Å². The standard InChI is InChI=1S/C12H25NO5/c1-12(14)11-18-10-9-17-8-7-16-6-5-15-4-3-13-2/h13H,3-11H2,1-2H3/p+1. The Kier molecular flexibility index (Phi) is 14.1. The van der Waals surface area contributed by atoms with Crippen molar-refractivity contribution < 1.29 is 29.1 Å². The Morgan fingerprint density at radius 3 is 1.72 bits per heavy atom. The third kappa shape index (κ3) is 15.5. The molecule has 0 aromatic carbocycles. The summed E-state index contributed by atoms with van der Waals surface area (Å²) in [7, 11) is 2.01. The fourth-order valence-corrected chi connectivity index (χ4v) is 1.08. The molecule has 0 aromatic rings. The topological polar surface area (TPSA) is 70.6 Å². The second-order valence-electron chi connectivity index (χ2n) is 3.79. The van der Waals surface area contributed by atoms with Crippen LogP contribution in [0.25, 0.3) is 0 Å². The van der Waals surface area contributed by atoms with Crippen LogP contribution < -0.4 is 5.32 Å². The largest absolute Gasteiger partial charge is 0.377 e. The van der Waals surface area contributed by atoms with Crippen molar-refractivity contribution in [1.29, 1.82) is 0 Å². The maximum Gasteiger partial charge on any atom is 0.155 e. The van der Waals surface area contributed by atoms with Crippen LogP contribution in [0.15, 0.2) is 0 Å². The molecule has 6 heteroatoms. The molecule has 0 radical (unpaired) electrons. The van der Waals surface area contributed by atoms with Crippen LogP contribution in [-0.4, -0.2) is 72.2 Å². The third-order valence-corrected chi connectivity index (χ3v) is 1.97. The van der Waals surface area contributed by atoms with Crippen molar-refractivity contribution in [1.82, 2.24) is 0 Å². The number of Topliss-reactive ketones (excluding diaryl/α,β-unsaturated/α-hetero) is 1. The Balaban J connectivity index is 2.92. The number of ketones is 1. The first kappa shape index (κ1) is 17.5. The molecule has 108 valence electrons. The number of carbonyl (C=O) groups excluding carboxylic acids is 1. The summed E-state index contributed by atoms with van der Waals surface area (Å²) in [4.78, 5) is 10.5. The molecule has 0 aliphatic rings. The van der Waals surface area contributed by atoms with Gasteiger partial charge in [0.1, 0.15) is 6.61 Å². The van der Waals surface area contributed by atoms with Crippen molar-refractivity contribution in [2.24, 2.45) is 0 Å².